The number of rotatable bonds is 13. The van der Waals surface area contributed by atoms with Crippen LogP contribution in [0.4, 0.5) is 4.79 Å². The van der Waals surface area contributed by atoms with Gasteiger partial charge in [-0.15, -0.1) is 11.3 Å². The Hall–Kier alpha value is -3.51. The number of aliphatic hydroxyl groups excluding tert-OH is 1. The smallest absolute Gasteiger partial charge is 0.404 e. The minimum absolute atomic E-state index is 0.0149. The molecule has 2 aromatic rings. The van der Waals surface area contributed by atoms with Crippen LogP contribution in [0.1, 0.15) is 83.5 Å². The molecule has 2 heterocycles. The predicted octanol–water partition coefficient (Wildman–Crippen LogP) is 4.01. The van der Waals surface area contributed by atoms with Gasteiger partial charge < -0.3 is 31.1 Å². The Morgan fingerprint density at radius 2 is 1.74 bits per heavy atom. The van der Waals surface area contributed by atoms with Crippen molar-refractivity contribution in [3.05, 3.63) is 41.0 Å². The van der Waals surface area contributed by atoms with Crippen molar-refractivity contribution in [1.29, 1.82) is 0 Å². The first-order chi connectivity index (χ1) is 20.3. The lowest BCUT2D eigenvalue weighted by Crippen LogP contribution is -2.57. The van der Waals surface area contributed by atoms with E-state index in [0.29, 0.717) is 19.4 Å². The van der Waals surface area contributed by atoms with E-state index in [4.69, 9.17) is 5.11 Å². The third-order valence-electron chi connectivity index (χ3n) is 7.67. The minimum Gasteiger partial charge on any atom is -0.465 e. The van der Waals surface area contributed by atoms with Gasteiger partial charge in [0.15, 0.2) is 0 Å². The van der Waals surface area contributed by atoms with Crippen LogP contribution in [0.2, 0.25) is 0 Å². The lowest BCUT2D eigenvalue weighted by Gasteiger charge is -2.35. The first kappa shape index (κ1) is 34.0. The van der Waals surface area contributed by atoms with Crippen molar-refractivity contribution in [2.75, 3.05) is 13.1 Å². The number of hydrogen-bond acceptors (Lipinski definition) is 7. The van der Waals surface area contributed by atoms with Gasteiger partial charge in [0.2, 0.25) is 17.7 Å². The molecule has 0 radical (unpaired) electrons. The van der Waals surface area contributed by atoms with E-state index in [1.807, 2.05) is 64.4 Å². The second-order valence-electron chi connectivity index (χ2n) is 12.3. The number of thiazole rings is 1. The van der Waals surface area contributed by atoms with Crippen LogP contribution in [0.5, 0.6) is 0 Å². The molecule has 0 aliphatic carbocycles. The van der Waals surface area contributed by atoms with Crippen LogP contribution in [0, 0.1) is 12.3 Å². The van der Waals surface area contributed by atoms with Crippen molar-refractivity contribution < 1.29 is 29.4 Å². The zero-order chi connectivity index (χ0) is 31.7. The Balaban J connectivity index is 1.59. The Morgan fingerprint density at radius 1 is 1.07 bits per heavy atom. The zero-order valence-corrected chi connectivity index (χ0v) is 26.5. The molecule has 1 aliphatic heterocycles. The molecule has 1 aromatic carbocycles. The summed E-state index contributed by atoms with van der Waals surface area (Å²) in [4.78, 5) is 57.3. The fourth-order valence-corrected chi connectivity index (χ4v) is 6.02. The molecule has 11 nitrogen and oxygen atoms in total. The van der Waals surface area contributed by atoms with Crippen LogP contribution in [0.15, 0.2) is 29.8 Å². The van der Waals surface area contributed by atoms with E-state index in [2.05, 4.69) is 20.9 Å². The number of likely N-dealkylation sites (tertiary alicyclic amines) is 1. The van der Waals surface area contributed by atoms with E-state index in [1.54, 1.807) is 11.3 Å². The van der Waals surface area contributed by atoms with Gasteiger partial charge in [-0.3, -0.25) is 14.4 Å². The van der Waals surface area contributed by atoms with Gasteiger partial charge in [0.25, 0.3) is 0 Å². The number of nitrogens with one attached hydrogen (secondary N) is 3. The van der Waals surface area contributed by atoms with Gasteiger partial charge in [-0.2, -0.15) is 0 Å². The molecular weight excluding hydrogens is 570 g/mol. The zero-order valence-electron chi connectivity index (χ0n) is 25.7. The maximum Gasteiger partial charge on any atom is 0.404 e. The number of hydrogen-bond donors (Lipinski definition) is 5. The summed E-state index contributed by atoms with van der Waals surface area (Å²) >= 11 is 1.58. The highest BCUT2D eigenvalue weighted by Gasteiger charge is 2.44. The summed E-state index contributed by atoms with van der Waals surface area (Å²) in [5, 5.41) is 27.3. The predicted molar refractivity (Wildman–Crippen MR) is 165 cm³/mol. The molecule has 0 spiro atoms. The molecule has 12 heteroatoms. The molecule has 5 N–H and O–H groups in total. The number of benzene rings is 1. The number of carbonyl (C=O) groups excluding carboxylic acids is 3. The Bertz CT molecular complexity index is 1260. The normalized spacial score (nSPS) is 18.1. The van der Waals surface area contributed by atoms with E-state index in [9.17, 15) is 24.3 Å². The Morgan fingerprint density at radius 3 is 2.35 bits per heavy atom. The van der Waals surface area contributed by atoms with Crippen molar-refractivity contribution >= 4 is 35.2 Å². The molecule has 1 unspecified atom stereocenters. The molecule has 3 rings (SSSR count). The summed E-state index contributed by atoms with van der Waals surface area (Å²) in [6.45, 7) is 9.79. The van der Waals surface area contributed by atoms with Crippen molar-refractivity contribution in [3.8, 4) is 10.4 Å². The second-order valence-corrected chi connectivity index (χ2v) is 13.1. The van der Waals surface area contributed by atoms with Crippen LogP contribution in [-0.2, 0) is 14.4 Å². The first-order valence-corrected chi connectivity index (χ1v) is 15.7. The molecule has 4 amide bonds. The van der Waals surface area contributed by atoms with Gasteiger partial charge in [-0.25, -0.2) is 9.78 Å². The number of nitrogens with zero attached hydrogens (tertiary/aromatic N) is 2. The minimum atomic E-state index is -1.05. The van der Waals surface area contributed by atoms with Crippen LogP contribution in [0.25, 0.3) is 10.4 Å². The van der Waals surface area contributed by atoms with Crippen LogP contribution >= 0.6 is 11.3 Å². The molecule has 1 saturated heterocycles. The third kappa shape index (κ3) is 9.75. The lowest BCUT2D eigenvalue weighted by atomic mass is 9.85. The van der Waals surface area contributed by atoms with Crippen molar-refractivity contribution in [2.45, 2.75) is 97.4 Å². The summed E-state index contributed by atoms with van der Waals surface area (Å²) < 4.78 is 0. The van der Waals surface area contributed by atoms with Gasteiger partial charge in [0, 0.05) is 25.9 Å². The summed E-state index contributed by atoms with van der Waals surface area (Å²) in [6.07, 6.45) is 1.30. The lowest BCUT2D eigenvalue weighted by molar-refractivity contribution is -0.144. The van der Waals surface area contributed by atoms with Crippen LogP contribution in [0.3, 0.4) is 0 Å². The number of aromatic nitrogens is 1. The number of β-amino-alcohol motifs (C(OH)–C–C–N with tert-alkyl or cyclic N) is 1. The molecule has 1 aliphatic rings. The molecule has 236 valence electrons. The third-order valence-corrected chi connectivity index (χ3v) is 8.64. The summed E-state index contributed by atoms with van der Waals surface area (Å²) in [5.41, 5.74) is 4.12. The van der Waals surface area contributed by atoms with E-state index < -0.39 is 35.6 Å². The highest BCUT2D eigenvalue weighted by Crippen LogP contribution is 2.29. The van der Waals surface area contributed by atoms with E-state index in [0.717, 1.165) is 34.5 Å². The van der Waals surface area contributed by atoms with Crippen molar-refractivity contribution in [1.82, 2.24) is 25.8 Å². The van der Waals surface area contributed by atoms with Gasteiger partial charge in [0.1, 0.15) is 12.1 Å². The summed E-state index contributed by atoms with van der Waals surface area (Å²) in [7, 11) is 0. The SMILES string of the molecule is Cc1ncsc1-c1ccc([C@H](C)NC(=O)[C@@H]2C[C@@H](O)CN2C(=O)C(NC(=O)CCCCCCNC(=O)O)C(C)(C)C)cc1. The molecule has 43 heavy (non-hydrogen) atoms. The monoisotopic (exact) mass is 615 g/mol. The summed E-state index contributed by atoms with van der Waals surface area (Å²) in [6, 6.07) is 5.87. The Labute approximate surface area is 257 Å². The first-order valence-electron chi connectivity index (χ1n) is 14.8. The van der Waals surface area contributed by atoms with Gasteiger partial charge in [-0.1, -0.05) is 57.9 Å². The number of unbranched alkanes of at least 4 members (excludes halogenated alkanes) is 3. The van der Waals surface area contributed by atoms with Gasteiger partial charge in [-0.05, 0) is 43.2 Å². The average Bonchev–Trinajstić information content (AvgIpc) is 3.55. The highest BCUT2D eigenvalue weighted by molar-refractivity contribution is 7.13. The maximum atomic E-state index is 13.8. The van der Waals surface area contributed by atoms with Crippen molar-refractivity contribution in [3.63, 3.8) is 0 Å². The molecular formula is C31H45N5O6S. The largest absolute Gasteiger partial charge is 0.465 e. The number of carbonyl (C=O) groups is 4. The maximum absolute atomic E-state index is 13.8. The van der Waals surface area contributed by atoms with E-state index in [-0.39, 0.29) is 37.2 Å². The topological polar surface area (TPSA) is 161 Å². The molecule has 0 saturated carbocycles. The summed E-state index contributed by atoms with van der Waals surface area (Å²) in [5.74, 6) is -1.01. The van der Waals surface area contributed by atoms with Crippen LogP contribution < -0.4 is 16.0 Å². The number of carboxylic acid groups (broad SMARTS) is 1. The number of aryl methyl sites for hydroxylation is 1. The van der Waals surface area contributed by atoms with E-state index in [1.165, 1.54) is 4.90 Å². The standard InChI is InChI=1S/C31H45N5O6S/c1-19(21-11-13-22(14-12-21)26-20(2)33-18-43-26)34-28(39)24-16-23(37)17-36(24)29(40)27(31(3,4)5)35-25(38)10-8-6-7-9-15-32-30(41)42/h11-14,18-19,23-24,27,32,37H,6-10,15-17H2,1-5H3,(H,34,39)(H,35,38)(H,41,42)/t19-,23+,24-,27?/m0/s1. The van der Waals surface area contributed by atoms with Crippen molar-refractivity contribution in [2.24, 2.45) is 5.41 Å². The molecule has 1 aromatic heterocycles. The second kappa shape index (κ2) is 15.3. The molecule has 1 fully saturated rings. The van der Waals surface area contributed by atoms with Gasteiger partial charge >= 0.3 is 6.09 Å². The quantitative estimate of drug-likeness (QED) is 0.213. The number of amides is 4. The molecule has 4 atom stereocenters. The molecule has 0 bridgehead atoms. The average molecular weight is 616 g/mol. The fraction of sp³-hybridized carbons (Fsp3) is 0.581. The van der Waals surface area contributed by atoms with Crippen LogP contribution in [-0.4, -0.2) is 75.2 Å². The fourth-order valence-electron chi connectivity index (χ4n) is 5.21. The number of aliphatic hydroxyl groups is 1. The van der Waals surface area contributed by atoms with E-state index >= 15 is 0 Å². The highest BCUT2D eigenvalue weighted by atomic mass is 32.1. The Kier molecular flexibility index (Phi) is 12.1. The van der Waals surface area contributed by atoms with Gasteiger partial charge in [0.05, 0.1) is 28.2 Å².